The zero-order valence-electron chi connectivity index (χ0n) is 12.3. The van der Waals surface area contributed by atoms with Gasteiger partial charge in [0.1, 0.15) is 0 Å². The molecule has 5 heteroatoms. The Morgan fingerprint density at radius 2 is 2.05 bits per heavy atom. The van der Waals surface area contributed by atoms with Gasteiger partial charge in [0.15, 0.2) is 0 Å². The number of hydrogen-bond donors (Lipinski definition) is 2. The van der Waals surface area contributed by atoms with Crippen LogP contribution >= 0.6 is 0 Å². The molecule has 1 saturated heterocycles. The van der Waals surface area contributed by atoms with Crippen molar-refractivity contribution in [2.45, 2.75) is 44.9 Å². The SMILES string of the molecule is CC(C)Oc1ccc(C(O)[C@H](N)CN2CCCC2)cn1. The van der Waals surface area contributed by atoms with Crippen molar-refractivity contribution in [1.82, 2.24) is 9.88 Å². The number of nitrogens with zero attached hydrogens (tertiary/aromatic N) is 2. The van der Waals surface area contributed by atoms with Gasteiger partial charge < -0.3 is 20.5 Å². The highest BCUT2D eigenvalue weighted by molar-refractivity contribution is 5.21. The van der Waals surface area contributed by atoms with Crippen LogP contribution in [0.4, 0.5) is 0 Å². The third kappa shape index (κ3) is 4.16. The van der Waals surface area contributed by atoms with Crippen molar-refractivity contribution in [2.24, 2.45) is 5.73 Å². The van der Waals surface area contributed by atoms with Crippen molar-refractivity contribution in [1.29, 1.82) is 0 Å². The zero-order chi connectivity index (χ0) is 14.5. The molecule has 1 aliphatic heterocycles. The summed E-state index contributed by atoms with van der Waals surface area (Å²) in [4.78, 5) is 6.51. The normalized spacial score (nSPS) is 19.2. The lowest BCUT2D eigenvalue weighted by Crippen LogP contribution is -2.40. The Morgan fingerprint density at radius 3 is 2.60 bits per heavy atom. The molecule has 2 heterocycles. The highest BCUT2D eigenvalue weighted by Gasteiger charge is 2.22. The molecule has 0 saturated carbocycles. The third-order valence-electron chi connectivity index (χ3n) is 3.53. The van der Waals surface area contributed by atoms with Crippen LogP contribution in [0.25, 0.3) is 0 Å². The van der Waals surface area contributed by atoms with E-state index in [1.165, 1.54) is 12.8 Å². The van der Waals surface area contributed by atoms with Gasteiger partial charge in [-0.25, -0.2) is 4.98 Å². The molecule has 0 amide bonds. The van der Waals surface area contributed by atoms with E-state index in [1.807, 2.05) is 19.9 Å². The Kier molecular flexibility index (Phi) is 5.34. The number of hydrogen-bond acceptors (Lipinski definition) is 5. The smallest absolute Gasteiger partial charge is 0.213 e. The number of pyridine rings is 1. The van der Waals surface area contributed by atoms with Crippen LogP contribution in [0.3, 0.4) is 0 Å². The first kappa shape index (κ1) is 15.2. The van der Waals surface area contributed by atoms with Crippen molar-refractivity contribution < 1.29 is 9.84 Å². The molecule has 0 aromatic carbocycles. The second-order valence-corrected chi connectivity index (χ2v) is 5.71. The molecule has 20 heavy (non-hydrogen) atoms. The molecule has 2 rings (SSSR count). The van der Waals surface area contributed by atoms with Crippen LogP contribution in [0.2, 0.25) is 0 Å². The first-order valence-corrected chi connectivity index (χ1v) is 7.35. The van der Waals surface area contributed by atoms with Crippen LogP contribution in [0.15, 0.2) is 18.3 Å². The molecule has 112 valence electrons. The molecule has 1 aliphatic rings. The molecule has 3 N–H and O–H groups in total. The highest BCUT2D eigenvalue weighted by Crippen LogP contribution is 2.19. The minimum Gasteiger partial charge on any atom is -0.475 e. The molecule has 1 fully saturated rings. The Bertz CT molecular complexity index is 402. The van der Waals surface area contributed by atoms with Crippen molar-refractivity contribution >= 4 is 0 Å². The standard InChI is InChI=1S/C15H25N3O2/c1-11(2)20-14-6-5-12(9-17-14)15(19)13(16)10-18-7-3-4-8-18/h5-6,9,11,13,15,19H,3-4,7-8,10,16H2,1-2H3/t13-,15?/m1/s1. The molecule has 1 aromatic heterocycles. The van der Waals surface area contributed by atoms with Gasteiger partial charge >= 0.3 is 0 Å². The fourth-order valence-corrected chi connectivity index (χ4v) is 2.49. The molecule has 1 aromatic rings. The van der Waals surface area contributed by atoms with Crippen molar-refractivity contribution in [3.05, 3.63) is 23.9 Å². The van der Waals surface area contributed by atoms with E-state index >= 15 is 0 Å². The Hall–Kier alpha value is -1.17. The van der Waals surface area contributed by atoms with E-state index in [9.17, 15) is 5.11 Å². The summed E-state index contributed by atoms with van der Waals surface area (Å²) in [5, 5.41) is 10.3. The Balaban J connectivity index is 1.91. The average molecular weight is 279 g/mol. The van der Waals surface area contributed by atoms with E-state index in [4.69, 9.17) is 10.5 Å². The number of nitrogens with two attached hydrogens (primary N) is 1. The van der Waals surface area contributed by atoms with Gasteiger partial charge in [-0.2, -0.15) is 0 Å². The predicted octanol–water partition coefficient (Wildman–Crippen LogP) is 1.33. The van der Waals surface area contributed by atoms with Gasteiger partial charge in [-0.15, -0.1) is 0 Å². The Labute approximate surface area is 120 Å². The molecule has 0 bridgehead atoms. The van der Waals surface area contributed by atoms with Crippen LogP contribution in [0, 0.1) is 0 Å². The maximum atomic E-state index is 10.3. The molecule has 0 aliphatic carbocycles. The number of aliphatic hydroxyl groups excluding tert-OH is 1. The lowest BCUT2D eigenvalue weighted by Gasteiger charge is -2.24. The topological polar surface area (TPSA) is 71.6 Å². The predicted molar refractivity (Wildman–Crippen MR) is 78.6 cm³/mol. The highest BCUT2D eigenvalue weighted by atomic mass is 16.5. The molecular formula is C15H25N3O2. The minimum atomic E-state index is -0.684. The van der Waals surface area contributed by atoms with Gasteiger partial charge in [0.2, 0.25) is 5.88 Å². The van der Waals surface area contributed by atoms with E-state index in [0.717, 1.165) is 25.2 Å². The summed E-state index contributed by atoms with van der Waals surface area (Å²) in [6.07, 6.45) is 3.51. The number of ether oxygens (including phenoxy) is 1. The van der Waals surface area contributed by atoms with E-state index in [0.29, 0.717) is 5.88 Å². The summed E-state index contributed by atoms with van der Waals surface area (Å²) in [5.41, 5.74) is 6.84. The van der Waals surface area contributed by atoms with Crippen molar-refractivity contribution in [3.8, 4) is 5.88 Å². The minimum absolute atomic E-state index is 0.0932. The zero-order valence-corrected chi connectivity index (χ0v) is 12.3. The summed E-state index contributed by atoms with van der Waals surface area (Å²) < 4.78 is 5.48. The fraction of sp³-hybridized carbons (Fsp3) is 0.667. The quantitative estimate of drug-likeness (QED) is 0.822. The summed E-state index contributed by atoms with van der Waals surface area (Å²) in [6, 6.07) is 3.33. The average Bonchev–Trinajstić information content (AvgIpc) is 2.91. The van der Waals surface area contributed by atoms with Crippen LogP contribution in [-0.4, -0.2) is 46.8 Å². The Morgan fingerprint density at radius 1 is 1.35 bits per heavy atom. The second-order valence-electron chi connectivity index (χ2n) is 5.71. The number of likely N-dealkylation sites (tertiary alicyclic amines) is 1. The summed E-state index contributed by atoms with van der Waals surface area (Å²) >= 11 is 0. The molecule has 0 spiro atoms. The molecule has 0 radical (unpaired) electrons. The molecule has 1 unspecified atom stereocenters. The fourth-order valence-electron chi connectivity index (χ4n) is 2.49. The number of rotatable bonds is 6. The lowest BCUT2D eigenvalue weighted by atomic mass is 10.0. The monoisotopic (exact) mass is 279 g/mol. The third-order valence-corrected chi connectivity index (χ3v) is 3.53. The van der Waals surface area contributed by atoms with Crippen LogP contribution < -0.4 is 10.5 Å². The van der Waals surface area contributed by atoms with Gasteiger partial charge in [-0.3, -0.25) is 0 Å². The number of aliphatic hydroxyl groups is 1. The van der Waals surface area contributed by atoms with E-state index < -0.39 is 6.10 Å². The first-order valence-electron chi connectivity index (χ1n) is 7.35. The van der Waals surface area contributed by atoms with E-state index in [1.54, 1.807) is 12.3 Å². The van der Waals surface area contributed by atoms with Gasteiger partial charge in [0, 0.05) is 30.4 Å². The van der Waals surface area contributed by atoms with Crippen LogP contribution in [0.5, 0.6) is 5.88 Å². The molecular weight excluding hydrogens is 254 g/mol. The summed E-state index contributed by atoms with van der Waals surface area (Å²) in [5.74, 6) is 0.573. The van der Waals surface area contributed by atoms with Gasteiger partial charge in [0.05, 0.1) is 12.2 Å². The van der Waals surface area contributed by atoms with Gasteiger partial charge in [0.25, 0.3) is 0 Å². The maximum absolute atomic E-state index is 10.3. The van der Waals surface area contributed by atoms with Crippen LogP contribution in [0.1, 0.15) is 38.4 Å². The van der Waals surface area contributed by atoms with Crippen molar-refractivity contribution in [2.75, 3.05) is 19.6 Å². The summed E-state index contributed by atoms with van der Waals surface area (Å²) in [6.45, 7) is 6.80. The molecule has 2 atom stereocenters. The van der Waals surface area contributed by atoms with Gasteiger partial charge in [-0.05, 0) is 45.8 Å². The van der Waals surface area contributed by atoms with Crippen molar-refractivity contribution in [3.63, 3.8) is 0 Å². The van der Waals surface area contributed by atoms with E-state index in [-0.39, 0.29) is 12.1 Å². The van der Waals surface area contributed by atoms with Crippen LogP contribution in [-0.2, 0) is 0 Å². The second kappa shape index (κ2) is 7.02. The first-order chi connectivity index (χ1) is 9.56. The lowest BCUT2D eigenvalue weighted by molar-refractivity contribution is 0.125. The largest absolute Gasteiger partial charge is 0.475 e. The van der Waals surface area contributed by atoms with E-state index in [2.05, 4.69) is 9.88 Å². The van der Waals surface area contributed by atoms with Gasteiger partial charge in [-0.1, -0.05) is 0 Å². The number of aromatic nitrogens is 1. The maximum Gasteiger partial charge on any atom is 0.213 e. The summed E-state index contributed by atoms with van der Waals surface area (Å²) in [7, 11) is 0. The molecule has 5 nitrogen and oxygen atoms in total.